The number of rotatable bonds is 6. The van der Waals surface area contributed by atoms with Gasteiger partial charge in [0.1, 0.15) is 4.90 Å². The maximum absolute atomic E-state index is 12.2. The van der Waals surface area contributed by atoms with Crippen molar-refractivity contribution in [1.29, 1.82) is 0 Å². The summed E-state index contributed by atoms with van der Waals surface area (Å²) >= 11 is 0. The summed E-state index contributed by atoms with van der Waals surface area (Å²) < 4.78 is 27.0. The largest absolute Gasteiger partial charge is 0.398 e. The van der Waals surface area contributed by atoms with Crippen molar-refractivity contribution >= 4 is 15.7 Å². The summed E-state index contributed by atoms with van der Waals surface area (Å²) in [6.07, 6.45) is 7.32. The summed E-state index contributed by atoms with van der Waals surface area (Å²) in [5.74, 6) is 2.53. The summed E-state index contributed by atoms with van der Waals surface area (Å²) in [6.45, 7) is 4.00. The molecule has 104 valence electrons. The maximum atomic E-state index is 12.2. The number of nitrogens with two attached hydrogens (primary N) is 1. The van der Waals surface area contributed by atoms with Gasteiger partial charge in [-0.15, -0.1) is 12.3 Å². The Morgan fingerprint density at radius 1 is 1.32 bits per heavy atom. The molecule has 19 heavy (non-hydrogen) atoms. The number of benzene rings is 1. The van der Waals surface area contributed by atoms with Crippen LogP contribution in [0.1, 0.15) is 30.4 Å². The Morgan fingerprint density at radius 2 is 2.00 bits per heavy atom. The van der Waals surface area contributed by atoms with Crippen LogP contribution in [0.25, 0.3) is 0 Å². The molecule has 1 aromatic rings. The lowest BCUT2D eigenvalue weighted by atomic mass is 10.1. The number of terminal acetylenes is 1. The van der Waals surface area contributed by atoms with Gasteiger partial charge in [-0.1, -0.05) is 6.07 Å². The van der Waals surface area contributed by atoms with Gasteiger partial charge < -0.3 is 5.73 Å². The van der Waals surface area contributed by atoms with E-state index in [1.165, 1.54) is 0 Å². The van der Waals surface area contributed by atoms with Crippen LogP contribution >= 0.6 is 0 Å². The van der Waals surface area contributed by atoms with E-state index in [1.807, 2.05) is 13.0 Å². The molecule has 0 atom stereocenters. The van der Waals surface area contributed by atoms with Gasteiger partial charge in [-0.3, -0.25) is 0 Å². The first-order valence-electron chi connectivity index (χ1n) is 6.19. The van der Waals surface area contributed by atoms with Crippen LogP contribution in [0, 0.1) is 26.2 Å². The summed E-state index contributed by atoms with van der Waals surface area (Å²) in [4.78, 5) is 0.185. The van der Waals surface area contributed by atoms with Gasteiger partial charge in [-0.05, 0) is 43.9 Å². The minimum absolute atomic E-state index is 0.185. The van der Waals surface area contributed by atoms with Crippen LogP contribution < -0.4 is 10.5 Å². The first-order valence-corrected chi connectivity index (χ1v) is 7.67. The number of nitrogen functional groups attached to an aromatic ring is 1. The lowest BCUT2D eigenvalue weighted by Gasteiger charge is -2.13. The predicted octanol–water partition coefficient (Wildman–Crippen LogP) is 1.97. The molecule has 3 N–H and O–H groups in total. The van der Waals surface area contributed by atoms with E-state index in [1.54, 1.807) is 13.0 Å². The third kappa shape index (κ3) is 3.98. The smallest absolute Gasteiger partial charge is 0.242 e. The first kappa shape index (κ1) is 15.5. The molecular formula is C14H20N2O2S. The molecule has 0 aliphatic heterocycles. The fraction of sp³-hybridized carbons (Fsp3) is 0.429. The molecule has 0 aliphatic carbocycles. The molecular weight excluding hydrogens is 260 g/mol. The van der Waals surface area contributed by atoms with Crippen molar-refractivity contribution < 1.29 is 8.42 Å². The normalized spacial score (nSPS) is 11.2. The Labute approximate surface area is 115 Å². The zero-order valence-electron chi connectivity index (χ0n) is 11.4. The van der Waals surface area contributed by atoms with Crippen molar-refractivity contribution in [3.05, 3.63) is 23.3 Å². The third-order valence-corrected chi connectivity index (χ3v) is 4.68. The summed E-state index contributed by atoms with van der Waals surface area (Å²) in [7, 11) is -3.56. The predicted molar refractivity (Wildman–Crippen MR) is 78.2 cm³/mol. The maximum Gasteiger partial charge on any atom is 0.242 e. The molecule has 0 radical (unpaired) electrons. The number of hydrogen-bond acceptors (Lipinski definition) is 3. The van der Waals surface area contributed by atoms with Crippen molar-refractivity contribution in [2.24, 2.45) is 0 Å². The van der Waals surface area contributed by atoms with E-state index in [4.69, 9.17) is 12.2 Å². The molecule has 0 spiro atoms. The Balaban J connectivity index is 2.84. The summed E-state index contributed by atoms with van der Waals surface area (Å²) in [6, 6.07) is 3.44. The van der Waals surface area contributed by atoms with Crippen LogP contribution in [0.3, 0.4) is 0 Å². The fourth-order valence-electron chi connectivity index (χ4n) is 1.80. The van der Waals surface area contributed by atoms with Crippen LogP contribution in [0.15, 0.2) is 17.0 Å². The molecule has 0 bridgehead atoms. The lowest BCUT2D eigenvalue weighted by molar-refractivity contribution is 0.577. The number of sulfonamides is 1. The average Bonchev–Trinajstić information content (AvgIpc) is 2.34. The van der Waals surface area contributed by atoms with E-state index in [2.05, 4.69) is 10.6 Å². The van der Waals surface area contributed by atoms with Gasteiger partial charge in [0, 0.05) is 13.0 Å². The highest BCUT2D eigenvalue weighted by molar-refractivity contribution is 7.89. The molecule has 0 aromatic heterocycles. The molecule has 1 rings (SSSR count). The summed E-state index contributed by atoms with van der Waals surface area (Å²) in [5.41, 5.74) is 7.66. The van der Waals surface area contributed by atoms with Crippen LogP contribution in [-0.4, -0.2) is 15.0 Å². The van der Waals surface area contributed by atoms with Crippen molar-refractivity contribution in [3.8, 4) is 12.3 Å². The Morgan fingerprint density at radius 3 is 2.63 bits per heavy atom. The minimum atomic E-state index is -3.56. The molecule has 1 aromatic carbocycles. The Bertz CT molecular complexity index is 586. The van der Waals surface area contributed by atoms with E-state index in [0.29, 0.717) is 24.9 Å². The highest BCUT2D eigenvalue weighted by Crippen LogP contribution is 2.24. The van der Waals surface area contributed by atoms with Gasteiger partial charge in [-0.2, -0.15) is 0 Å². The molecule has 4 nitrogen and oxygen atoms in total. The first-order chi connectivity index (χ1) is 8.90. The molecule has 0 saturated heterocycles. The topological polar surface area (TPSA) is 72.2 Å². The number of hydrogen-bond donors (Lipinski definition) is 2. The van der Waals surface area contributed by atoms with E-state index in [0.717, 1.165) is 12.0 Å². The van der Waals surface area contributed by atoms with Crippen molar-refractivity contribution in [2.75, 3.05) is 12.3 Å². The molecule has 0 unspecified atom stereocenters. The van der Waals surface area contributed by atoms with Gasteiger partial charge in [0.05, 0.1) is 5.69 Å². The number of nitrogens with one attached hydrogen (secondary N) is 1. The lowest BCUT2D eigenvalue weighted by Crippen LogP contribution is -2.26. The van der Waals surface area contributed by atoms with Gasteiger partial charge in [0.2, 0.25) is 10.0 Å². The van der Waals surface area contributed by atoms with Crippen molar-refractivity contribution in [1.82, 2.24) is 4.72 Å². The second kappa shape index (κ2) is 6.60. The number of anilines is 1. The van der Waals surface area contributed by atoms with Gasteiger partial charge in [0.15, 0.2) is 0 Å². The third-order valence-electron chi connectivity index (χ3n) is 3.02. The SMILES string of the molecule is C#CCCCCNS(=O)(=O)c1c(N)ccc(C)c1C. The molecule has 0 fully saturated rings. The second-order valence-electron chi connectivity index (χ2n) is 4.48. The molecule has 0 saturated carbocycles. The average molecular weight is 280 g/mol. The van der Waals surface area contributed by atoms with Crippen molar-refractivity contribution in [2.45, 2.75) is 38.0 Å². The van der Waals surface area contributed by atoms with Crippen molar-refractivity contribution in [3.63, 3.8) is 0 Å². The molecule has 0 heterocycles. The fourth-order valence-corrected chi connectivity index (χ4v) is 3.30. The Hall–Kier alpha value is -1.51. The Kier molecular flexibility index (Phi) is 5.40. The van der Waals surface area contributed by atoms with Crippen LogP contribution in [0.2, 0.25) is 0 Å². The summed E-state index contributed by atoms with van der Waals surface area (Å²) in [5, 5.41) is 0. The van der Waals surface area contributed by atoms with E-state index < -0.39 is 10.0 Å². The molecule has 5 heteroatoms. The molecule has 0 aliphatic rings. The minimum Gasteiger partial charge on any atom is -0.398 e. The van der Waals surface area contributed by atoms with Gasteiger partial charge in [-0.25, -0.2) is 13.1 Å². The van der Waals surface area contributed by atoms with E-state index in [-0.39, 0.29) is 10.6 Å². The second-order valence-corrected chi connectivity index (χ2v) is 6.19. The number of unbranched alkanes of at least 4 members (excludes halogenated alkanes) is 2. The monoisotopic (exact) mass is 280 g/mol. The zero-order valence-corrected chi connectivity index (χ0v) is 12.2. The standard InChI is InChI=1S/C14H20N2O2S/c1-4-5-6-7-10-16-19(17,18)14-12(3)11(2)8-9-13(14)15/h1,8-9,16H,5-7,10,15H2,2-3H3. The van der Waals surface area contributed by atoms with Crippen LogP contribution in [0.4, 0.5) is 5.69 Å². The highest BCUT2D eigenvalue weighted by Gasteiger charge is 2.20. The molecule has 0 amide bonds. The van der Waals surface area contributed by atoms with Gasteiger partial charge >= 0.3 is 0 Å². The quantitative estimate of drug-likeness (QED) is 0.475. The van der Waals surface area contributed by atoms with E-state index >= 15 is 0 Å². The van der Waals surface area contributed by atoms with E-state index in [9.17, 15) is 8.42 Å². The van der Waals surface area contributed by atoms with Crippen LogP contribution in [0.5, 0.6) is 0 Å². The highest BCUT2D eigenvalue weighted by atomic mass is 32.2. The zero-order chi connectivity index (χ0) is 14.5. The number of aryl methyl sites for hydroxylation is 1. The van der Waals surface area contributed by atoms with Gasteiger partial charge in [0.25, 0.3) is 0 Å². The van der Waals surface area contributed by atoms with Crippen LogP contribution in [-0.2, 0) is 10.0 Å².